The molecule has 1 rings (SSSR count). The molecule has 1 saturated heterocycles. The Morgan fingerprint density at radius 1 is 1.23 bits per heavy atom. The van der Waals surface area contributed by atoms with E-state index in [-0.39, 0.29) is 6.09 Å². The van der Waals surface area contributed by atoms with Crippen molar-refractivity contribution >= 4 is 20.4 Å². The van der Waals surface area contributed by atoms with Crippen molar-refractivity contribution < 1.29 is 14.3 Å². The van der Waals surface area contributed by atoms with Gasteiger partial charge in [0.05, 0.1) is 0 Å². The molecule has 0 aliphatic carbocycles. The summed E-state index contributed by atoms with van der Waals surface area (Å²) in [6.45, 7) is 21.1. The topological polar surface area (TPSA) is 95.7 Å². The van der Waals surface area contributed by atoms with Crippen molar-refractivity contribution in [2.75, 3.05) is 39.5 Å². The van der Waals surface area contributed by atoms with Crippen molar-refractivity contribution in [2.24, 2.45) is 10.8 Å². The highest BCUT2D eigenvalue weighted by atomic mass is 28.3. The SMILES string of the molecule is CC/C=N\C(=C\CCNN(CC)C1CCN(C(=O)OC(C)(C)C)CC1)N(N)COCC[Si](C)(C)C. The number of hydrogen-bond donors (Lipinski definition) is 2. The first-order chi connectivity index (χ1) is 16.4. The fourth-order valence-electron chi connectivity index (χ4n) is 3.63. The van der Waals surface area contributed by atoms with E-state index in [1.807, 2.05) is 31.9 Å². The van der Waals surface area contributed by atoms with E-state index in [2.05, 4.69) is 55.0 Å². The third kappa shape index (κ3) is 14.0. The van der Waals surface area contributed by atoms with E-state index in [9.17, 15) is 4.79 Å². The highest BCUT2D eigenvalue weighted by molar-refractivity contribution is 6.76. The Morgan fingerprint density at radius 2 is 1.89 bits per heavy atom. The van der Waals surface area contributed by atoms with Gasteiger partial charge in [0.2, 0.25) is 0 Å². The molecule has 0 atom stereocenters. The van der Waals surface area contributed by atoms with Crippen molar-refractivity contribution in [1.29, 1.82) is 0 Å². The van der Waals surface area contributed by atoms with E-state index >= 15 is 0 Å². The standard InChI is InChI=1S/C25H52N6O3Si/c1-9-15-27-23(30(26)21-33-19-20-35(6,7)8)12-11-16-28-31(10-2)22-13-17-29(18-14-22)24(32)34-25(3,4)5/h12,15,22,28H,9-11,13-14,16-21,26H2,1-8H3/b23-12-,27-15-. The molecule has 0 unspecified atom stereocenters. The van der Waals surface area contributed by atoms with Gasteiger partial charge in [0.1, 0.15) is 18.2 Å². The van der Waals surface area contributed by atoms with Crippen LogP contribution in [-0.4, -0.2) is 86.5 Å². The summed E-state index contributed by atoms with van der Waals surface area (Å²) in [7, 11) is -1.12. The van der Waals surface area contributed by atoms with Crippen LogP contribution in [0, 0.1) is 0 Å². The summed E-state index contributed by atoms with van der Waals surface area (Å²) < 4.78 is 11.3. The highest BCUT2D eigenvalue weighted by Crippen LogP contribution is 2.18. The van der Waals surface area contributed by atoms with Crippen LogP contribution >= 0.6 is 0 Å². The summed E-state index contributed by atoms with van der Waals surface area (Å²) in [5.74, 6) is 6.97. The first-order valence-corrected chi connectivity index (χ1v) is 16.9. The number of carbonyl (C=O) groups is 1. The van der Waals surface area contributed by atoms with E-state index in [0.717, 1.165) is 57.2 Å². The molecule has 1 heterocycles. The second-order valence-electron chi connectivity index (χ2n) is 11.3. The number of likely N-dealkylation sites (tertiary alicyclic amines) is 1. The maximum atomic E-state index is 12.3. The zero-order chi connectivity index (χ0) is 26.5. The summed E-state index contributed by atoms with van der Waals surface area (Å²) in [6, 6.07) is 1.51. The van der Waals surface area contributed by atoms with Gasteiger partial charge in [0, 0.05) is 53.1 Å². The molecule has 1 aliphatic rings. The molecule has 3 N–H and O–H groups in total. The Labute approximate surface area is 215 Å². The predicted molar refractivity (Wildman–Crippen MR) is 148 cm³/mol. The van der Waals surface area contributed by atoms with Gasteiger partial charge < -0.3 is 14.4 Å². The zero-order valence-electron chi connectivity index (χ0n) is 23.6. The number of carbonyl (C=O) groups excluding carboxylic acids is 1. The van der Waals surface area contributed by atoms with Crippen LogP contribution in [0.5, 0.6) is 0 Å². The number of ether oxygens (including phenoxy) is 2. The van der Waals surface area contributed by atoms with Crippen molar-refractivity contribution in [2.45, 2.75) is 97.6 Å². The molecule has 0 saturated carbocycles. The number of amides is 1. The molecule has 0 spiro atoms. The molecule has 0 aromatic carbocycles. The lowest BCUT2D eigenvalue weighted by molar-refractivity contribution is 0.0103. The minimum atomic E-state index is -1.12. The number of hydrogen-bond acceptors (Lipinski definition) is 8. The van der Waals surface area contributed by atoms with Crippen LogP contribution in [0.1, 0.15) is 60.3 Å². The molecule has 204 valence electrons. The van der Waals surface area contributed by atoms with Crippen LogP contribution in [0.4, 0.5) is 4.79 Å². The van der Waals surface area contributed by atoms with Crippen molar-refractivity contribution in [3.05, 3.63) is 11.9 Å². The average Bonchev–Trinajstić information content (AvgIpc) is 2.77. The predicted octanol–water partition coefficient (Wildman–Crippen LogP) is 4.41. The van der Waals surface area contributed by atoms with Gasteiger partial charge in [-0.25, -0.2) is 20.6 Å². The lowest BCUT2D eigenvalue weighted by atomic mass is 10.0. The van der Waals surface area contributed by atoms with Gasteiger partial charge >= 0.3 is 6.09 Å². The molecular formula is C25H52N6O3Si. The maximum absolute atomic E-state index is 12.3. The Balaban J connectivity index is 2.50. The smallest absolute Gasteiger partial charge is 0.410 e. The van der Waals surface area contributed by atoms with Gasteiger partial charge in [0.25, 0.3) is 0 Å². The number of nitrogens with zero attached hydrogens (tertiary/aromatic N) is 4. The average molecular weight is 513 g/mol. The van der Waals surface area contributed by atoms with E-state index in [1.165, 1.54) is 0 Å². The lowest BCUT2D eigenvalue weighted by Crippen LogP contribution is -2.52. The first kappa shape index (κ1) is 31.6. The fraction of sp³-hybridized carbons (Fsp3) is 0.840. The zero-order valence-corrected chi connectivity index (χ0v) is 24.6. The number of aliphatic imine (C=N–C) groups is 1. The van der Waals surface area contributed by atoms with E-state index in [4.69, 9.17) is 15.3 Å². The largest absolute Gasteiger partial charge is 0.444 e. The van der Waals surface area contributed by atoms with Crippen LogP contribution in [0.2, 0.25) is 25.7 Å². The quantitative estimate of drug-likeness (QED) is 0.0888. The number of piperidine rings is 1. The van der Waals surface area contributed by atoms with Crippen molar-refractivity contribution in [3.8, 4) is 0 Å². The van der Waals surface area contributed by atoms with Crippen LogP contribution < -0.4 is 11.3 Å². The number of rotatable bonds is 14. The second kappa shape index (κ2) is 15.6. The van der Waals surface area contributed by atoms with Crippen molar-refractivity contribution in [3.63, 3.8) is 0 Å². The molecule has 1 aliphatic heterocycles. The van der Waals surface area contributed by atoms with E-state index in [0.29, 0.717) is 25.9 Å². The Kier molecular flexibility index (Phi) is 14.1. The summed E-state index contributed by atoms with van der Waals surface area (Å²) in [5, 5.41) is 3.87. The third-order valence-electron chi connectivity index (χ3n) is 5.61. The van der Waals surface area contributed by atoms with Crippen LogP contribution in [0.3, 0.4) is 0 Å². The normalized spacial score (nSPS) is 16.4. The minimum absolute atomic E-state index is 0.215. The van der Waals surface area contributed by atoms with Crippen LogP contribution in [0.15, 0.2) is 16.9 Å². The lowest BCUT2D eigenvalue weighted by Gasteiger charge is -2.38. The summed E-state index contributed by atoms with van der Waals surface area (Å²) in [6.07, 6.45) is 7.21. The molecule has 10 heteroatoms. The molecule has 0 radical (unpaired) electrons. The summed E-state index contributed by atoms with van der Waals surface area (Å²) >= 11 is 0. The fourth-order valence-corrected chi connectivity index (χ4v) is 4.39. The molecule has 1 amide bonds. The summed E-state index contributed by atoms with van der Waals surface area (Å²) in [4.78, 5) is 18.7. The van der Waals surface area contributed by atoms with E-state index < -0.39 is 13.7 Å². The molecule has 0 bridgehead atoms. The maximum Gasteiger partial charge on any atom is 0.410 e. The molecule has 0 aromatic rings. The van der Waals surface area contributed by atoms with Gasteiger partial charge in [0.15, 0.2) is 0 Å². The van der Waals surface area contributed by atoms with Gasteiger partial charge in [-0.3, -0.25) is 10.4 Å². The second-order valence-corrected chi connectivity index (χ2v) is 16.9. The number of nitrogens with two attached hydrogens (primary N) is 1. The molecule has 0 aromatic heterocycles. The number of nitrogens with one attached hydrogen (secondary N) is 1. The molecular weight excluding hydrogens is 460 g/mol. The Morgan fingerprint density at radius 3 is 2.43 bits per heavy atom. The van der Waals surface area contributed by atoms with Gasteiger partial charge in [-0.15, -0.1) is 0 Å². The molecule has 35 heavy (non-hydrogen) atoms. The van der Waals surface area contributed by atoms with Crippen LogP contribution in [0.25, 0.3) is 0 Å². The minimum Gasteiger partial charge on any atom is -0.444 e. The number of hydrazine groups is 2. The summed E-state index contributed by atoms with van der Waals surface area (Å²) in [5.41, 5.74) is 3.10. The van der Waals surface area contributed by atoms with Gasteiger partial charge in [-0.1, -0.05) is 33.5 Å². The highest BCUT2D eigenvalue weighted by Gasteiger charge is 2.29. The third-order valence-corrected chi connectivity index (χ3v) is 7.32. The van der Waals surface area contributed by atoms with Crippen LogP contribution in [-0.2, 0) is 9.47 Å². The van der Waals surface area contributed by atoms with E-state index in [1.54, 1.807) is 5.01 Å². The molecule has 9 nitrogen and oxygen atoms in total. The van der Waals surface area contributed by atoms with Crippen molar-refractivity contribution in [1.82, 2.24) is 20.3 Å². The first-order valence-electron chi connectivity index (χ1n) is 13.2. The Bertz CT molecular complexity index is 667. The van der Waals surface area contributed by atoms with Gasteiger partial charge in [-0.2, -0.15) is 0 Å². The molecule has 1 fully saturated rings. The van der Waals surface area contributed by atoms with Gasteiger partial charge in [-0.05, 0) is 58.6 Å². The Hall–Kier alpha value is -1.46. The monoisotopic (exact) mass is 512 g/mol.